The van der Waals surface area contributed by atoms with E-state index < -0.39 is 0 Å². The van der Waals surface area contributed by atoms with Crippen molar-refractivity contribution >= 4 is 21.7 Å². The van der Waals surface area contributed by atoms with Gasteiger partial charge in [-0.05, 0) is 28.9 Å². The number of halogens is 1. The molecule has 19 heavy (non-hydrogen) atoms. The lowest BCUT2D eigenvalue weighted by atomic mass is 10.1. The first-order valence-corrected chi connectivity index (χ1v) is 6.49. The zero-order chi connectivity index (χ0) is 14.2. The third-order valence-corrected chi connectivity index (χ3v) is 3.99. The van der Waals surface area contributed by atoms with E-state index in [0.29, 0.717) is 5.82 Å². The Hall–Kier alpha value is -1.69. The summed E-state index contributed by atoms with van der Waals surface area (Å²) >= 11 is 3.53. The number of hydrogen-bond acceptors (Lipinski definition) is 4. The van der Waals surface area contributed by atoms with Crippen LogP contribution in [0.5, 0.6) is 11.5 Å². The quantitative estimate of drug-likeness (QED) is 0.942. The molecule has 5 nitrogen and oxygen atoms in total. The second-order valence-electron chi connectivity index (χ2n) is 4.18. The van der Waals surface area contributed by atoms with Gasteiger partial charge in [0.2, 0.25) is 0 Å². The Kier molecular flexibility index (Phi) is 3.71. The van der Waals surface area contributed by atoms with Crippen LogP contribution in [-0.2, 0) is 7.05 Å². The van der Waals surface area contributed by atoms with E-state index in [9.17, 15) is 0 Å². The minimum atomic E-state index is 0.590. The van der Waals surface area contributed by atoms with Crippen LogP contribution in [0.15, 0.2) is 16.6 Å². The SMILES string of the molecule is COc1cc(-c2cc(N)n(C)n2)c(OC)c(Br)c1C. The summed E-state index contributed by atoms with van der Waals surface area (Å²) in [5, 5.41) is 4.37. The predicted octanol–water partition coefficient (Wildman–Crippen LogP) is 2.76. The number of ether oxygens (including phenoxy) is 2. The summed E-state index contributed by atoms with van der Waals surface area (Å²) < 4.78 is 13.3. The smallest absolute Gasteiger partial charge is 0.143 e. The monoisotopic (exact) mass is 325 g/mol. The second-order valence-corrected chi connectivity index (χ2v) is 4.97. The lowest BCUT2D eigenvalue weighted by molar-refractivity contribution is 0.399. The molecule has 102 valence electrons. The Balaban J connectivity index is 2.71. The Labute approximate surface area is 120 Å². The fourth-order valence-corrected chi connectivity index (χ4v) is 2.49. The molecule has 0 spiro atoms. The Morgan fingerprint density at radius 3 is 2.42 bits per heavy atom. The van der Waals surface area contributed by atoms with Gasteiger partial charge < -0.3 is 15.2 Å². The van der Waals surface area contributed by atoms with Crippen LogP contribution in [0, 0.1) is 6.92 Å². The number of nitrogens with two attached hydrogens (primary N) is 1. The van der Waals surface area contributed by atoms with Gasteiger partial charge in [-0.25, -0.2) is 0 Å². The summed E-state index contributed by atoms with van der Waals surface area (Å²) in [6.45, 7) is 1.96. The van der Waals surface area contributed by atoms with Gasteiger partial charge in [-0.1, -0.05) is 0 Å². The van der Waals surface area contributed by atoms with Gasteiger partial charge in [0.15, 0.2) is 0 Å². The predicted molar refractivity (Wildman–Crippen MR) is 78.6 cm³/mol. The lowest BCUT2D eigenvalue weighted by Gasteiger charge is -2.14. The molecular weight excluding hydrogens is 310 g/mol. The molecule has 0 fully saturated rings. The summed E-state index contributed by atoms with van der Waals surface area (Å²) in [5.41, 5.74) is 8.39. The van der Waals surface area contributed by atoms with Gasteiger partial charge in [-0.15, -0.1) is 0 Å². The Morgan fingerprint density at radius 1 is 1.26 bits per heavy atom. The fourth-order valence-electron chi connectivity index (χ4n) is 1.92. The number of aromatic nitrogens is 2. The molecule has 6 heteroatoms. The third-order valence-electron chi connectivity index (χ3n) is 3.03. The maximum Gasteiger partial charge on any atom is 0.143 e. The topological polar surface area (TPSA) is 62.3 Å². The maximum atomic E-state index is 5.82. The van der Waals surface area contributed by atoms with Crippen LogP contribution in [0.1, 0.15) is 5.56 Å². The van der Waals surface area contributed by atoms with Gasteiger partial charge in [-0.2, -0.15) is 5.10 Å². The molecule has 0 radical (unpaired) electrons. The minimum absolute atomic E-state index is 0.590. The highest BCUT2D eigenvalue weighted by Gasteiger charge is 2.18. The molecule has 2 aromatic rings. The number of aryl methyl sites for hydroxylation is 1. The summed E-state index contributed by atoms with van der Waals surface area (Å²) in [7, 11) is 5.06. The van der Waals surface area contributed by atoms with Crippen molar-refractivity contribution in [1.29, 1.82) is 0 Å². The molecule has 0 aliphatic heterocycles. The molecule has 0 unspecified atom stereocenters. The third kappa shape index (κ3) is 2.28. The molecule has 0 aliphatic rings. The van der Waals surface area contributed by atoms with Crippen LogP contribution in [0.4, 0.5) is 5.82 Å². The van der Waals surface area contributed by atoms with E-state index in [-0.39, 0.29) is 0 Å². The molecule has 1 aromatic heterocycles. The Bertz CT molecular complexity index is 603. The average Bonchev–Trinajstić information content (AvgIpc) is 2.72. The first-order chi connectivity index (χ1) is 8.99. The van der Waals surface area contributed by atoms with E-state index in [4.69, 9.17) is 15.2 Å². The Morgan fingerprint density at radius 2 is 1.95 bits per heavy atom. The van der Waals surface area contributed by atoms with Gasteiger partial charge in [0, 0.05) is 24.2 Å². The molecule has 0 saturated heterocycles. The van der Waals surface area contributed by atoms with Crippen LogP contribution >= 0.6 is 15.9 Å². The summed E-state index contributed by atoms with van der Waals surface area (Å²) in [6.07, 6.45) is 0. The van der Waals surface area contributed by atoms with Gasteiger partial charge >= 0.3 is 0 Å². The van der Waals surface area contributed by atoms with Crippen molar-refractivity contribution in [2.24, 2.45) is 7.05 Å². The van der Waals surface area contributed by atoms with E-state index in [2.05, 4.69) is 21.0 Å². The van der Waals surface area contributed by atoms with Crippen molar-refractivity contribution in [3.05, 3.63) is 22.2 Å². The van der Waals surface area contributed by atoms with Crippen molar-refractivity contribution in [3.8, 4) is 22.8 Å². The second kappa shape index (κ2) is 5.13. The highest BCUT2D eigenvalue weighted by molar-refractivity contribution is 9.10. The highest BCUT2D eigenvalue weighted by Crippen LogP contribution is 2.42. The number of nitrogens with zero attached hydrogens (tertiary/aromatic N) is 2. The zero-order valence-corrected chi connectivity index (χ0v) is 12.9. The number of hydrogen-bond donors (Lipinski definition) is 1. The molecule has 2 N–H and O–H groups in total. The number of benzene rings is 1. The van der Waals surface area contributed by atoms with Crippen LogP contribution in [0.2, 0.25) is 0 Å². The van der Waals surface area contributed by atoms with E-state index in [1.165, 1.54) is 0 Å². The van der Waals surface area contributed by atoms with Crippen molar-refractivity contribution in [3.63, 3.8) is 0 Å². The van der Waals surface area contributed by atoms with E-state index >= 15 is 0 Å². The standard InChI is InChI=1S/C13H16BrN3O2/c1-7-10(18-3)5-8(13(19-4)12(7)14)9-6-11(15)17(2)16-9/h5-6H,15H2,1-4H3. The average molecular weight is 326 g/mol. The van der Waals surface area contributed by atoms with Gasteiger partial charge in [0.25, 0.3) is 0 Å². The number of methoxy groups -OCH3 is 2. The first kappa shape index (κ1) is 13.7. The number of anilines is 1. The van der Waals surface area contributed by atoms with Gasteiger partial charge in [0.1, 0.15) is 17.3 Å². The normalized spacial score (nSPS) is 10.6. The lowest BCUT2D eigenvalue weighted by Crippen LogP contribution is -1.98. The molecule has 0 aliphatic carbocycles. The molecule has 0 amide bonds. The highest BCUT2D eigenvalue weighted by atomic mass is 79.9. The van der Waals surface area contributed by atoms with E-state index in [1.54, 1.807) is 32.0 Å². The van der Waals surface area contributed by atoms with Gasteiger partial charge in [-0.3, -0.25) is 4.68 Å². The van der Waals surface area contributed by atoms with Crippen LogP contribution in [0.3, 0.4) is 0 Å². The number of rotatable bonds is 3. The van der Waals surface area contributed by atoms with E-state index in [0.717, 1.165) is 32.8 Å². The first-order valence-electron chi connectivity index (χ1n) is 5.70. The zero-order valence-electron chi connectivity index (χ0n) is 11.3. The summed E-state index contributed by atoms with van der Waals surface area (Å²) in [5.74, 6) is 2.08. The maximum absolute atomic E-state index is 5.82. The number of nitrogen functional groups attached to an aromatic ring is 1. The fraction of sp³-hybridized carbons (Fsp3) is 0.308. The molecule has 0 atom stereocenters. The summed E-state index contributed by atoms with van der Waals surface area (Å²) in [4.78, 5) is 0. The van der Waals surface area contributed by atoms with E-state index in [1.807, 2.05) is 13.0 Å². The summed E-state index contributed by atoms with van der Waals surface area (Å²) in [6, 6.07) is 3.71. The molecular formula is C13H16BrN3O2. The molecule has 2 rings (SSSR count). The van der Waals surface area contributed by atoms with Crippen molar-refractivity contribution in [1.82, 2.24) is 9.78 Å². The minimum Gasteiger partial charge on any atom is -0.496 e. The largest absolute Gasteiger partial charge is 0.496 e. The van der Waals surface area contributed by atoms with Gasteiger partial charge in [0.05, 0.1) is 24.4 Å². The van der Waals surface area contributed by atoms with Crippen molar-refractivity contribution in [2.75, 3.05) is 20.0 Å². The molecule has 0 saturated carbocycles. The van der Waals surface area contributed by atoms with Crippen LogP contribution < -0.4 is 15.2 Å². The molecule has 0 bridgehead atoms. The molecule has 1 heterocycles. The van der Waals surface area contributed by atoms with Crippen LogP contribution in [-0.4, -0.2) is 24.0 Å². The van der Waals surface area contributed by atoms with Crippen molar-refractivity contribution in [2.45, 2.75) is 6.92 Å². The van der Waals surface area contributed by atoms with Crippen molar-refractivity contribution < 1.29 is 9.47 Å². The van der Waals surface area contributed by atoms with Crippen LogP contribution in [0.25, 0.3) is 11.3 Å². The molecule has 1 aromatic carbocycles.